The molecule has 1 N–H and O–H groups in total. The summed E-state index contributed by atoms with van der Waals surface area (Å²) in [4.78, 5) is 11.8. The smallest absolute Gasteiger partial charge is 0.264 e. The number of halogens is 1. The highest BCUT2D eigenvalue weighted by Crippen LogP contribution is 2.24. The molecule has 1 aromatic carbocycles. The molecule has 0 bridgehead atoms. The second-order valence-electron chi connectivity index (χ2n) is 4.37. The van der Waals surface area contributed by atoms with Crippen molar-refractivity contribution in [3.05, 3.63) is 33.7 Å². The Kier molecular flexibility index (Phi) is 5.08. The predicted octanol–water partition coefficient (Wildman–Crippen LogP) is 3.44. The summed E-state index contributed by atoms with van der Waals surface area (Å²) >= 11 is 4.73. The van der Waals surface area contributed by atoms with E-state index in [1.165, 1.54) is 11.3 Å². The van der Waals surface area contributed by atoms with Gasteiger partial charge in [0.15, 0.2) is 6.61 Å². The van der Waals surface area contributed by atoms with Crippen LogP contribution in [0, 0.1) is 0 Å². The van der Waals surface area contributed by atoms with Crippen molar-refractivity contribution in [2.24, 2.45) is 0 Å². The molecule has 20 heavy (non-hydrogen) atoms. The zero-order chi connectivity index (χ0) is 14.5. The molecule has 2 rings (SSSR count). The molecule has 0 saturated heterocycles. The quantitative estimate of drug-likeness (QED) is 0.891. The Hall–Kier alpha value is -1.47. The van der Waals surface area contributed by atoms with Crippen molar-refractivity contribution in [1.29, 1.82) is 0 Å². The molecule has 2 aromatic rings. The van der Waals surface area contributed by atoms with Crippen LogP contribution in [0.1, 0.15) is 24.8 Å². The summed E-state index contributed by atoms with van der Waals surface area (Å²) in [5, 5.41) is 12.0. The van der Waals surface area contributed by atoms with E-state index < -0.39 is 0 Å². The van der Waals surface area contributed by atoms with E-state index in [4.69, 9.17) is 4.74 Å². The zero-order valence-electron chi connectivity index (χ0n) is 11.1. The van der Waals surface area contributed by atoms with Gasteiger partial charge in [0.25, 0.3) is 5.91 Å². The van der Waals surface area contributed by atoms with Crippen molar-refractivity contribution in [1.82, 2.24) is 10.2 Å². The number of nitrogens with one attached hydrogen (secondary N) is 1. The molecule has 1 aromatic heterocycles. The number of hydrogen-bond acceptors (Lipinski definition) is 5. The maximum atomic E-state index is 11.8. The molecule has 0 aliphatic rings. The average Bonchev–Trinajstić information content (AvgIpc) is 2.86. The van der Waals surface area contributed by atoms with Gasteiger partial charge >= 0.3 is 0 Å². The van der Waals surface area contributed by atoms with Gasteiger partial charge in [0.2, 0.25) is 5.13 Å². The van der Waals surface area contributed by atoms with Crippen LogP contribution in [0.5, 0.6) is 5.75 Å². The minimum Gasteiger partial charge on any atom is -0.483 e. The Morgan fingerprint density at radius 1 is 1.40 bits per heavy atom. The summed E-state index contributed by atoms with van der Waals surface area (Å²) < 4.78 is 6.23. The minimum absolute atomic E-state index is 0.0702. The highest BCUT2D eigenvalue weighted by Gasteiger charge is 2.11. The fraction of sp³-hybridized carbons (Fsp3) is 0.308. The predicted molar refractivity (Wildman–Crippen MR) is 82.3 cm³/mol. The van der Waals surface area contributed by atoms with Gasteiger partial charge < -0.3 is 4.74 Å². The molecule has 0 fully saturated rings. The first-order chi connectivity index (χ1) is 9.56. The van der Waals surface area contributed by atoms with Gasteiger partial charge in [0, 0.05) is 5.92 Å². The maximum Gasteiger partial charge on any atom is 0.264 e. The lowest BCUT2D eigenvalue weighted by Gasteiger charge is -2.06. The van der Waals surface area contributed by atoms with Crippen molar-refractivity contribution < 1.29 is 9.53 Å². The van der Waals surface area contributed by atoms with E-state index >= 15 is 0 Å². The Balaban J connectivity index is 1.88. The highest BCUT2D eigenvalue weighted by molar-refractivity contribution is 9.10. The number of para-hydroxylation sites is 1. The molecule has 0 spiro atoms. The molecule has 0 aliphatic carbocycles. The molecule has 0 aliphatic heterocycles. The first-order valence-electron chi connectivity index (χ1n) is 6.07. The number of ether oxygens (including phenoxy) is 1. The van der Waals surface area contributed by atoms with Crippen molar-refractivity contribution in [2.45, 2.75) is 19.8 Å². The molecule has 7 heteroatoms. The van der Waals surface area contributed by atoms with Gasteiger partial charge in [0.05, 0.1) is 4.47 Å². The van der Waals surface area contributed by atoms with E-state index in [9.17, 15) is 4.79 Å². The summed E-state index contributed by atoms with van der Waals surface area (Å²) in [5.41, 5.74) is 0. The Labute approximate surface area is 129 Å². The molecular formula is C13H14BrN3O2S. The van der Waals surface area contributed by atoms with Crippen LogP contribution in [0.2, 0.25) is 0 Å². The first-order valence-corrected chi connectivity index (χ1v) is 7.68. The van der Waals surface area contributed by atoms with Crippen LogP contribution in [0.15, 0.2) is 28.7 Å². The lowest BCUT2D eigenvalue weighted by atomic mass is 10.2. The SMILES string of the molecule is CC(C)c1nnc(NC(=O)COc2ccccc2Br)s1. The molecule has 106 valence electrons. The van der Waals surface area contributed by atoms with E-state index in [1.54, 1.807) is 6.07 Å². The van der Waals surface area contributed by atoms with Crippen LogP contribution in [0.25, 0.3) is 0 Å². The number of carbonyl (C=O) groups is 1. The highest BCUT2D eigenvalue weighted by atomic mass is 79.9. The Morgan fingerprint density at radius 2 is 2.15 bits per heavy atom. The number of nitrogens with zero attached hydrogens (tertiary/aromatic N) is 2. The third-order valence-corrected chi connectivity index (χ3v) is 4.17. The standard InChI is InChI=1S/C13H14BrN3O2S/c1-8(2)12-16-17-13(20-12)15-11(18)7-19-10-6-4-3-5-9(10)14/h3-6,8H,7H2,1-2H3,(H,15,17,18). The summed E-state index contributed by atoms with van der Waals surface area (Å²) in [6, 6.07) is 7.37. The Bertz CT molecular complexity index is 601. The third kappa shape index (κ3) is 4.01. The normalized spacial score (nSPS) is 10.6. The molecule has 5 nitrogen and oxygen atoms in total. The lowest BCUT2D eigenvalue weighted by molar-refractivity contribution is -0.118. The topological polar surface area (TPSA) is 64.1 Å². The van der Waals surface area contributed by atoms with Gasteiger partial charge in [0.1, 0.15) is 10.8 Å². The largest absolute Gasteiger partial charge is 0.483 e. The molecular weight excluding hydrogens is 342 g/mol. The number of anilines is 1. The number of aromatic nitrogens is 2. The molecule has 0 saturated carbocycles. The van der Waals surface area contributed by atoms with Crippen molar-refractivity contribution >= 4 is 38.3 Å². The second-order valence-corrected chi connectivity index (χ2v) is 6.23. The fourth-order valence-electron chi connectivity index (χ4n) is 1.38. The van der Waals surface area contributed by atoms with Gasteiger partial charge in [-0.3, -0.25) is 10.1 Å². The summed E-state index contributed by atoms with van der Waals surface area (Å²) in [6.07, 6.45) is 0. The van der Waals surface area contributed by atoms with E-state index in [-0.39, 0.29) is 12.5 Å². The summed E-state index contributed by atoms with van der Waals surface area (Å²) in [5.74, 6) is 0.671. The van der Waals surface area contributed by atoms with Crippen molar-refractivity contribution in [3.63, 3.8) is 0 Å². The molecule has 0 atom stereocenters. The molecule has 1 heterocycles. The van der Waals surface area contributed by atoms with E-state index in [1.807, 2.05) is 32.0 Å². The monoisotopic (exact) mass is 355 g/mol. The molecule has 0 unspecified atom stereocenters. The summed E-state index contributed by atoms with van der Waals surface area (Å²) in [7, 11) is 0. The van der Waals surface area contributed by atoms with Crippen LogP contribution in [-0.4, -0.2) is 22.7 Å². The average molecular weight is 356 g/mol. The summed E-state index contributed by atoms with van der Waals surface area (Å²) in [6.45, 7) is 3.99. The maximum absolute atomic E-state index is 11.8. The van der Waals surface area contributed by atoms with Gasteiger partial charge in [-0.25, -0.2) is 0 Å². The molecule has 0 radical (unpaired) electrons. The van der Waals surface area contributed by atoms with E-state index in [0.717, 1.165) is 9.48 Å². The Morgan fingerprint density at radius 3 is 2.80 bits per heavy atom. The third-order valence-electron chi connectivity index (χ3n) is 2.38. The number of rotatable bonds is 5. The lowest BCUT2D eigenvalue weighted by Crippen LogP contribution is -2.20. The van der Waals surface area contributed by atoms with Gasteiger partial charge in [-0.15, -0.1) is 10.2 Å². The van der Waals surface area contributed by atoms with Crippen molar-refractivity contribution in [3.8, 4) is 5.75 Å². The second kappa shape index (κ2) is 6.81. The van der Waals surface area contributed by atoms with Crippen LogP contribution in [0.3, 0.4) is 0 Å². The van der Waals surface area contributed by atoms with Crippen molar-refractivity contribution in [2.75, 3.05) is 11.9 Å². The zero-order valence-corrected chi connectivity index (χ0v) is 13.5. The van der Waals surface area contributed by atoms with E-state index in [0.29, 0.717) is 16.8 Å². The number of amides is 1. The van der Waals surface area contributed by atoms with Crippen LogP contribution in [-0.2, 0) is 4.79 Å². The van der Waals surface area contributed by atoms with Gasteiger partial charge in [-0.05, 0) is 28.1 Å². The first kappa shape index (κ1) is 14.9. The number of hydrogen-bond donors (Lipinski definition) is 1. The van der Waals surface area contributed by atoms with Gasteiger partial charge in [-0.2, -0.15) is 0 Å². The minimum atomic E-state index is -0.257. The van der Waals surface area contributed by atoms with Gasteiger partial charge in [-0.1, -0.05) is 37.3 Å². The van der Waals surface area contributed by atoms with E-state index in [2.05, 4.69) is 31.4 Å². The van der Waals surface area contributed by atoms with Crippen LogP contribution >= 0.6 is 27.3 Å². The number of carbonyl (C=O) groups excluding carboxylic acids is 1. The molecule has 1 amide bonds. The number of benzene rings is 1. The van der Waals surface area contributed by atoms with Crippen LogP contribution < -0.4 is 10.1 Å². The fourth-order valence-corrected chi connectivity index (χ4v) is 2.54. The van der Waals surface area contributed by atoms with Crippen LogP contribution in [0.4, 0.5) is 5.13 Å².